The molecule has 0 aromatic carbocycles. The molecule has 0 saturated heterocycles. The van der Waals surface area contributed by atoms with E-state index in [0.29, 0.717) is 0 Å². The highest BCUT2D eigenvalue weighted by molar-refractivity contribution is 5.76. The summed E-state index contributed by atoms with van der Waals surface area (Å²) in [7, 11) is 0. The lowest BCUT2D eigenvalue weighted by atomic mass is 9.88. The maximum atomic E-state index is 10.6. The van der Waals surface area contributed by atoms with Crippen LogP contribution in [-0.4, -0.2) is 17.3 Å². The minimum Gasteiger partial charge on any atom is -0.300 e. The maximum absolute atomic E-state index is 10.6. The average molecular weight is 159 g/mol. The standard InChI is InChI=1S/C7H13NO3/c1-6(9)4-7(2,3)5-8(10)11/h4-5H2,1-3H3. The van der Waals surface area contributed by atoms with Crippen molar-refractivity contribution in [3.63, 3.8) is 0 Å². The molecule has 0 heterocycles. The van der Waals surface area contributed by atoms with Crippen molar-refractivity contribution in [3.8, 4) is 0 Å². The molecule has 4 heteroatoms. The van der Waals surface area contributed by atoms with Gasteiger partial charge in [-0.3, -0.25) is 10.1 Å². The van der Waals surface area contributed by atoms with E-state index in [4.69, 9.17) is 0 Å². The molecule has 0 atom stereocenters. The lowest BCUT2D eigenvalue weighted by Gasteiger charge is -2.16. The molecule has 0 aromatic rings. The lowest BCUT2D eigenvalue weighted by Crippen LogP contribution is -2.25. The fraction of sp³-hybridized carbons (Fsp3) is 0.857. The van der Waals surface area contributed by atoms with Crippen LogP contribution in [0.15, 0.2) is 0 Å². The number of hydrogen-bond acceptors (Lipinski definition) is 3. The van der Waals surface area contributed by atoms with Gasteiger partial charge in [0.1, 0.15) is 5.78 Å². The molecule has 0 amide bonds. The van der Waals surface area contributed by atoms with Crippen LogP contribution >= 0.6 is 0 Å². The van der Waals surface area contributed by atoms with Crippen molar-refractivity contribution in [1.29, 1.82) is 0 Å². The van der Waals surface area contributed by atoms with Gasteiger partial charge < -0.3 is 4.79 Å². The van der Waals surface area contributed by atoms with Crippen LogP contribution in [0, 0.1) is 15.5 Å². The highest BCUT2D eigenvalue weighted by Gasteiger charge is 2.25. The van der Waals surface area contributed by atoms with Gasteiger partial charge in [0, 0.05) is 16.8 Å². The van der Waals surface area contributed by atoms with Gasteiger partial charge in [0.2, 0.25) is 6.54 Å². The van der Waals surface area contributed by atoms with Crippen LogP contribution < -0.4 is 0 Å². The zero-order chi connectivity index (χ0) is 9.07. The Bertz CT molecular complexity index is 157. The number of rotatable bonds is 4. The number of nitro groups is 1. The van der Waals surface area contributed by atoms with Crippen molar-refractivity contribution in [3.05, 3.63) is 10.1 Å². The maximum Gasteiger partial charge on any atom is 0.209 e. The first-order chi connectivity index (χ1) is 4.83. The Kier molecular flexibility index (Phi) is 3.17. The van der Waals surface area contributed by atoms with Crippen molar-refractivity contribution >= 4 is 5.78 Å². The molecule has 0 aliphatic rings. The van der Waals surface area contributed by atoms with Gasteiger partial charge >= 0.3 is 0 Å². The van der Waals surface area contributed by atoms with Crippen LogP contribution in [0.5, 0.6) is 0 Å². The van der Waals surface area contributed by atoms with Gasteiger partial charge in [-0.15, -0.1) is 0 Å². The second kappa shape index (κ2) is 3.46. The zero-order valence-electron chi connectivity index (χ0n) is 7.09. The summed E-state index contributed by atoms with van der Waals surface area (Å²) in [6.45, 7) is 4.74. The van der Waals surface area contributed by atoms with Crippen molar-refractivity contribution < 1.29 is 9.72 Å². The van der Waals surface area contributed by atoms with Crippen LogP contribution in [0.1, 0.15) is 27.2 Å². The van der Waals surface area contributed by atoms with Crippen LogP contribution in [0.25, 0.3) is 0 Å². The van der Waals surface area contributed by atoms with Crippen LogP contribution in [0.4, 0.5) is 0 Å². The summed E-state index contributed by atoms with van der Waals surface area (Å²) in [4.78, 5) is 20.3. The average Bonchev–Trinajstić information content (AvgIpc) is 1.53. The second-order valence-electron chi connectivity index (χ2n) is 3.53. The Morgan fingerprint density at radius 1 is 1.55 bits per heavy atom. The third-order valence-corrected chi connectivity index (χ3v) is 1.28. The first-order valence-corrected chi connectivity index (χ1v) is 3.45. The topological polar surface area (TPSA) is 60.2 Å². The molecule has 11 heavy (non-hydrogen) atoms. The molecule has 0 fully saturated rings. The lowest BCUT2D eigenvalue weighted by molar-refractivity contribution is -0.495. The smallest absolute Gasteiger partial charge is 0.209 e. The van der Waals surface area contributed by atoms with Gasteiger partial charge in [-0.2, -0.15) is 0 Å². The van der Waals surface area contributed by atoms with Crippen molar-refractivity contribution in [1.82, 2.24) is 0 Å². The van der Waals surface area contributed by atoms with Gasteiger partial charge in [-0.25, -0.2) is 0 Å². The molecular formula is C7H13NO3. The normalized spacial score (nSPS) is 11.2. The van der Waals surface area contributed by atoms with Gasteiger partial charge in [-0.1, -0.05) is 13.8 Å². The minimum atomic E-state index is -0.505. The van der Waals surface area contributed by atoms with Gasteiger partial charge in [0.25, 0.3) is 0 Å². The predicted octanol–water partition coefficient (Wildman–Crippen LogP) is 1.27. The number of carbonyl (C=O) groups excluding carboxylic acids is 1. The molecule has 64 valence electrons. The molecular weight excluding hydrogens is 146 g/mol. The van der Waals surface area contributed by atoms with E-state index in [1.807, 2.05) is 0 Å². The van der Waals surface area contributed by atoms with Crippen molar-refractivity contribution in [2.24, 2.45) is 5.41 Å². The third-order valence-electron chi connectivity index (χ3n) is 1.28. The summed E-state index contributed by atoms with van der Waals surface area (Å²) < 4.78 is 0. The largest absolute Gasteiger partial charge is 0.300 e. The first-order valence-electron chi connectivity index (χ1n) is 3.45. The number of ketones is 1. The summed E-state index contributed by atoms with van der Waals surface area (Å²) in [6, 6.07) is 0. The van der Waals surface area contributed by atoms with E-state index in [1.54, 1.807) is 13.8 Å². The number of nitrogens with zero attached hydrogens (tertiary/aromatic N) is 1. The molecule has 0 spiro atoms. The summed E-state index contributed by atoms with van der Waals surface area (Å²) in [5, 5.41) is 10.1. The highest BCUT2D eigenvalue weighted by Crippen LogP contribution is 2.20. The second-order valence-corrected chi connectivity index (χ2v) is 3.53. The van der Waals surface area contributed by atoms with Crippen molar-refractivity contribution in [2.75, 3.05) is 6.54 Å². The minimum absolute atomic E-state index is 0.00292. The van der Waals surface area contributed by atoms with Gasteiger partial charge in [0.15, 0.2) is 0 Å². The van der Waals surface area contributed by atoms with E-state index < -0.39 is 5.41 Å². The van der Waals surface area contributed by atoms with Crippen molar-refractivity contribution in [2.45, 2.75) is 27.2 Å². The van der Waals surface area contributed by atoms with E-state index >= 15 is 0 Å². The van der Waals surface area contributed by atoms with E-state index in [-0.39, 0.29) is 23.7 Å². The van der Waals surface area contributed by atoms with E-state index in [9.17, 15) is 14.9 Å². The van der Waals surface area contributed by atoms with E-state index in [1.165, 1.54) is 6.92 Å². The van der Waals surface area contributed by atoms with Gasteiger partial charge in [-0.05, 0) is 6.92 Å². The molecule has 0 aliphatic carbocycles. The predicted molar refractivity (Wildman–Crippen MR) is 40.9 cm³/mol. The van der Waals surface area contributed by atoms with Gasteiger partial charge in [0.05, 0.1) is 0 Å². The summed E-state index contributed by atoms with van der Waals surface area (Å²) in [5.41, 5.74) is -0.505. The molecule has 0 N–H and O–H groups in total. The molecule has 4 nitrogen and oxygen atoms in total. The number of carbonyl (C=O) groups is 1. The Hall–Kier alpha value is -0.930. The Balaban J connectivity index is 3.99. The molecule has 0 radical (unpaired) electrons. The van der Waals surface area contributed by atoms with E-state index in [0.717, 1.165) is 0 Å². The number of hydrogen-bond donors (Lipinski definition) is 0. The fourth-order valence-electron chi connectivity index (χ4n) is 1.08. The fourth-order valence-corrected chi connectivity index (χ4v) is 1.08. The third kappa shape index (κ3) is 5.51. The summed E-state index contributed by atoms with van der Waals surface area (Å²) in [6.07, 6.45) is 0.272. The first kappa shape index (κ1) is 10.1. The quantitative estimate of drug-likeness (QED) is 0.458. The summed E-state index contributed by atoms with van der Waals surface area (Å²) in [5.74, 6) is -0.00292. The zero-order valence-corrected chi connectivity index (χ0v) is 7.09. The molecule has 0 unspecified atom stereocenters. The van der Waals surface area contributed by atoms with Crippen LogP contribution in [0.3, 0.4) is 0 Å². The SMILES string of the molecule is CC(=O)CC(C)(C)C[N+](=O)[O-]. The molecule has 0 aliphatic heterocycles. The summed E-state index contributed by atoms with van der Waals surface area (Å²) >= 11 is 0. The number of Topliss-reactive ketones (excluding diaryl/α,β-unsaturated/α-hetero) is 1. The van der Waals surface area contributed by atoms with Crippen LogP contribution in [-0.2, 0) is 4.79 Å². The highest BCUT2D eigenvalue weighted by atomic mass is 16.6. The van der Waals surface area contributed by atoms with Crippen LogP contribution in [0.2, 0.25) is 0 Å². The van der Waals surface area contributed by atoms with E-state index in [2.05, 4.69) is 0 Å². The molecule has 0 aromatic heterocycles. The Morgan fingerprint density at radius 3 is 2.27 bits per heavy atom. The molecule has 0 bridgehead atoms. The monoisotopic (exact) mass is 159 g/mol. The molecule has 0 rings (SSSR count). The Labute approximate surface area is 65.7 Å². The molecule has 0 saturated carbocycles. The Morgan fingerprint density at radius 2 is 2.00 bits per heavy atom.